The van der Waals surface area contributed by atoms with Gasteiger partial charge in [0.2, 0.25) is 0 Å². The Morgan fingerprint density at radius 1 is 0.692 bits per heavy atom. The Hall–Kier alpha value is -3.27. The quantitative estimate of drug-likeness (QED) is 0.528. The zero-order valence-electron chi connectivity index (χ0n) is 14.3. The first-order valence-electron chi connectivity index (χ1n) is 8.69. The number of carbonyl (C=O) groups is 2. The standard InChI is InChI=1S/C22H19N2O2/c25-21-19-8-4-5-9-20(19)22(26)24(21)16-18-11-14-23(15-12-18)13-10-17-6-2-1-3-7-17/h1-9,11-12,14-15H,10,13,16H2/q+1. The first-order chi connectivity index (χ1) is 12.7. The van der Waals surface area contributed by atoms with E-state index in [4.69, 9.17) is 0 Å². The van der Waals surface area contributed by atoms with E-state index in [1.54, 1.807) is 24.3 Å². The molecule has 0 unspecified atom stereocenters. The van der Waals surface area contributed by atoms with Crippen molar-refractivity contribution in [3.8, 4) is 0 Å². The summed E-state index contributed by atoms with van der Waals surface area (Å²) < 4.78 is 2.11. The third-order valence-corrected chi connectivity index (χ3v) is 4.68. The molecule has 4 heteroatoms. The molecule has 0 N–H and O–H groups in total. The van der Waals surface area contributed by atoms with Crippen molar-refractivity contribution in [1.82, 2.24) is 4.90 Å². The number of imide groups is 1. The Kier molecular flexibility index (Phi) is 4.32. The van der Waals surface area contributed by atoms with Gasteiger partial charge in [0.15, 0.2) is 18.9 Å². The van der Waals surface area contributed by atoms with Gasteiger partial charge >= 0.3 is 0 Å². The van der Waals surface area contributed by atoms with Crippen molar-refractivity contribution in [2.24, 2.45) is 0 Å². The van der Waals surface area contributed by atoms with Crippen molar-refractivity contribution >= 4 is 11.8 Å². The highest BCUT2D eigenvalue weighted by Gasteiger charge is 2.34. The molecule has 4 rings (SSSR count). The van der Waals surface area contributed by atoms with Gasteiger partial charge < -0.3 is 0 Å². The molecular formula is C22H19N2O2+. The highest BCUT2D eigenvalue weighted by molar-refractivity contribution is 6.21. The second kappa shape index (κ2) is 6.92. The SMILES string of the molecule is O=C1c2ccccc2C(=O)N1Cc1cc[n+](CCc2ccccc2)cc1. The van der Waals surface area contributed by atoms with Gasteiger partial charge in [-0.1, -0.05) is 42.5 Å². The highest BCUT2D eigenvalue weighted by Crippen LogP contribution is 2.23. The van der Waals surface area contributed by atoms with Gasteiger partial charge in [0, 0.05) is 18.6 Å². The van der Waals surface area contributed by atoms with E-state index in [0.29, 0.717) is 17.7 Å². The zero-order valence-corrected chi connectivity index (χ0v) is 14.3. The smallest absolute Gasteiger partial charge is 0.261 e. The van der Waals surface area contributed by atoms with Gasteiger partial charge in [-0.25, -0.2) is 4.57 Å². The molecule has 0 saturated heterocycles. The summed E-state index contributed by atoms with van der Waals surface area (Å²) in [4.78, 5) is 26.2. The molecule has 0 saturated carbocycles. The number of carbonyl (C=O) groups excluding carboxylic acids is 2. The molecule has 2 amide bonds. The molecule has 1 aromatic heterocycles. The Morgan fingerprint density at radius 3 is 1.88 bits per heavy atom. The second-order valence-corrected chi connectivity index (χ2v) is 6.42. The van der Waals surface area contributed by atoms with E-state index in [-0.39, 0.29) is 11.8 Å². The number of hydrogen-bond donors (Lipinski definition) is 0. The van der Waals surface area contributed by atoms with Gasteiger partial charge in [-0.3, -0.25) is 14.5 Å². The number of rotatable bonds is 5. The van der Waals surface area contributed by atoms with E-state index < -0.39 is 0 Å². The molecule has 0 radical (unpaired) electrons. The van der Waals surface area contributed by atoms with Crippen LogP contribution in [0.4, 0.5) is 0 Å². The van der Waals surface area contributed by atoms with Gasteiger partial charge in [-0.05, 0) is 23.3 Å². The fraction of sp³-hybridized carbons (Fsp3) is 0.136. The van der Waals surface area contributed by atoms with Crippen molar-refractivity contribution in [2.75, 3.05) is 0 Å². The molecule has 0 spiro atoms. The third kappa shape index (κ3) is 3.14. The molecule has 4 nitrogen and oxygen atoms in total. The van der Waals surface area contributed by atoms with Crippen molar-refractivity contribution < 1.29 is 14.2 Å². The maximum absolute atomic E-state index is 12.4. The van der Waals surface area contributed by atoms with Crippen LogP contribution in [-0.4, -0.2) is 16.7 Å². The van der Waals surface area contributed by atoms with Gasteiger partial charge in [-0.15, -0.1) is 0 Å². The van der Waals surface area contributed by atoms with E-state index in [1.807, 2.05) is 42.7 Å². The van der Waals surface area contributed by atoms with Crippen LogP contribution in [0.2, 0.25) is 0 Å². The second-order valence-electron chi connectivity index (χ2n) is 6.42. The van der Waals surface area contributed by atoms with E-state index in [0.717, 1.165) is 18.5 Å². The van der Waals surface area contributed by atoms with Gasteiger partial charge in [0.25, 0.3) is 11.8 Å². The summed E-state index contributed by atoms with van der Waals surface area (Å²) in [6.45, 7) is 1.18. The maximum Gasteiger partial charge on any atom is 0.261 e. The predicted octanol–water partition coefficient (Wildman–Crippen LogP) is 3.01. The van der Waals surface area contributed by atoms with Crippen LogP contribution in [0.3, 0.4) is 0 Å². The molecule has 1 aliphatic heterocycles. The Bertz CT molecular complexity index is 914. The molecule has 0 fully saturated rings. The van der Waals surface area contributed by atoms with Crippen LogP contribution in [0.25, 0.3) is 0 Å². The van der Waals surface area contributed by atoms with Crippen LogP contribution in [0.1, 0.15) is 31.8 Å². The number of aryl methyl sites for hydroxylation is 2. The van der Waals surface area contributed by atoms with Crippen molar-refractivity contribution in [3.63, 3.8) is 0 Å². The number of amides is 2. The topological polar surface area (TPSA) is 41.3 Å². The molecule has 1 aliphatic rings. The highest BCUT2D eigenvalue weighted by atomic mass is 16.2. The van der Waals surface area contributed by atoms with E-state index in [2.05, 4.69) is 16.7 Å². The summed E-state index contributed by atoms with van der Waals surface area (Å²) >= 11 is 0. The summed E-state index contributed by atoms with van der Waals surface area (Å²) in [5.74, 6) is -0.433. The first kappa shape index (κ1) is 16.2. The average Bonchev–Trinajstić information content (AvgIpc) is 2.93. The van der Waals surface area contributed by atoms with Gasteiger partial charge in [0.05, 0.1) is 17.7 Å². The summed E-state index contributed by atoms with van der Waals surface area (Å²) in [5.41, 5.74) is 3.23. The van der Waals surface area contributed by atoms with Gasteiger partial charge in [0.1, 0.15) is 0 Å². The number of hydrogen-bond acceptors (Lipinski definition) is 2. The van der Waals surface area contributed by atoms with Crippen molar-refractivity contribution in [1.29, 1.82) is 0 Å². The minimum absolute atomic E-state index is 0.216. The number of benzene rings is 2. The lowest BCUT2D eigenvalue weighted by atomic mass is 10.1. The minimum atomic E-state index is -0.216. The number of nitrogens with zero attached hydrogens (tertiary/aromatic N) is 2. The van der Waals surface area contributed by atoms with Crippen LogP contribution < -0.4 is 4.57 Å². The normalized spacial score (nSPS) is 13.2. The number of aromatic nitrogens is 1. The minimum Gasteiger partial charge on any atom is -0.270 e. The fourth-order valence-electron chi connectivity index (χ4n) is 3.21. The van der Waals surface area contributed by atoms with E-state index in [9.17, 15) is 9.59 Å². The summed E-state index contributed by atoms with van der Waals surface area (Å²) in [6, 6.07) is 21.3. The first-order valence-corrected chi connectivity index (χ1v) is 8.69. The predicted molar refractivity (Wildman–Crippen MR) is 97.4 cm³/mol. The summed E-state index contributed by atoms with van der Waals surface area (Å²) in [6.07, 6.45) is 4.95. The van der Waals surface area contributed by atoms with E-state index in [1.165, 1.54) is 10.5 Å². The van der Waals surface area contributed by atoms with Crippen LogP contribution in [0.5, 0.6) is 0 Å². The van der Waals surface area contributed by atoms with Crippen LogP contribution >= 0.6 is 0 Å². The lowest BCUT2D eigenvalue weighted by molar-refractivity contribution is -0.696. The summed E-state index contributed by atoms with van der Waals surface area (Å²) in [7, 11) is 0. The molecule has 3 aromatic rings. The Labute approximate surface area is 152 Å². The molecule has 0 bridgehead atoms. The molecule has 2 heterocycles. The average molecular weight is 343 g/mol. The Balaban J connectivity index is 1.42. The third-order valence-electron chi connectivity index (χ3n) is 4.68. The zero-order chi connectivity index (χ0) is 17.9. The molecule has 2 aromatic carbocycles. The van der Waals surface area contributed by atoms with Crippen molar-refractivity contribution in [2.45, 2.75) is 19.5 Å². The van der Waals surface area contributed by atoms with Crippen molar-refractivity contribution in [3.05, 3.63) is 101 Å². The van der Waals surface area contributed by atoms with Gasteiger partial charge in [-0.2, -0.15) is 0 Å². The molecule has 128 valence electrons. The van der Waals surface area contributed by atoms with E-state index >= 15 is 0 Å². The van der Waals surface area contributed by atoms with Crippen LogP contribution in [0, 0.1) is 0 Å². The largest absolute Gasteiger partial charge is 0.270 e. The monoisotopic (exact) mass is 343 g/mol. The fourth-order valence-corrected chi connectivity index (χ4v) is 3.21. The number of fused-ring (bicyclic) bond motifs is 1. The van der Waals surface area contributed by atoms with Crippen LogP contribution in [0.15, 0.2) is 79.1 Å². The maximum atomic E-state index is 12.4. The van der Waals surface area contributed by atoms with Crippen LogP contribution in [-0.2, 0) is 19.5 Å². The number of pyridine rings is 1. The molecular weight excluding hydrogens is 324 g/mol. The summed E-state index contributed by atoms with van der Waals surface area (Å²) in [5, 5.41) is 0. The lowest BCUT2D eigenvalue weighted by Crippen LogP contribution is -2.34. The lowest BCUT2D eigenvalue weighted by Gasteiger charge is -2.13. The molecule has 26 heavy (non-hydrogen) atoms. The molecule has 0 atom stereocenters. The Morgan fingerprint density at radius 2 is 1.27 bits per heavy atom. The molecule has 0 aliphatic carbocycles.